The third-order valence-corrected chi connectivity index (χ3v) is 7.75. The molecule has 1 fully saturated rings. The van der Waals surface area contributed by atoms with E-state index in [0.29, 0.717) is 5.69 Å². The van der Waals surface area contributed by atoms with Gasteiger partial charge < -0.3 is 4.98 Å². The topological polar surface area (TPSA) is 84.4 Å². The van der Waals surface area contributed by atoms with Gasteiger partial charge in [0.1, 0.15) is 11.6 Å². The van der Waals surface area contributed by atoms with E-state index < -0.39 is 17.0 Å². The van der Waals surface area contributed by atoms with Gasteiger partial charge in [0.15, 0.2) is 0 Å². The molecular formula is C26H21F2N5O. The van der Waals surface area contributed by atoms with Gasteiger partial charge in [0.05, 0.1) is 40.0 Å². The Balaban J connectivity index is 1.52. The molecule has 0 spiro atoms. The Morgan fingerprint density at radius 2 is 1.82 bits per heavy atom. The van der Waals surface area contributed by atoms with Crippen LogP contribution in [0.5, 0.6) is 0 Å². The number of aromatic nitrogens is 5. The number of nitrogens with one attached hydrogen (secondary N) is 1. The lowest BCUT2D eigenvalue weighted by Crippen LogP contribution is -2.38. The Morgan fingerprint density at radius 1 is 1.03 bits per heavy atom. The van der Waals surface area contributed by atoms with Gasteiger partial charge in [-0.05, 0) is 54.0 Å². The van der Waals surface area contributed by atoms with E-state index in [1.807, 2.05) is 0 Å². The van der Waals surface area contributed by atoms with Crippen molar-refractivity contribution < 1.29 is 8.78 Å². The van der Waals surface area contributed by atoms with E-state index in [1.54, 1.807) is 30.7 Å². The molecule has 0 aliphatic heterocycles. The molecule has 0 amide bonds. The highest BCUT2D eigenvalue weighted by atomic mass is 19.1. The van der Waals surface area contributed by atoms with Crippen molar-refractivity contribution in [2.45, 2.75) is 38.0 Å². The molecule has 3 aromatic heterocycles. The van der Waals surface area contributed by atoms with Crippen molar-refractivity contribution in [2.24, 2.45) is 5.41 Å². The van der Waals surface area contributed by atoms with Crippen molar-refractivity contribution in [1.29, 1.82) is 0 Å². The Hall–Kier alpha value is -3.81. The molecule has 2 atom stereocenters. The summed E-state index contributed by atoms with van der Waals surface area (Å²) >= 11 is 0. The van der Waals surface area contributed by atoms with E-state index in [9.17, 15) is 13.6 Å². The van der Waals surface area contributed by atoms with Gasteiger partial charge in [0.2, 0.25) is 5.56 Å². The van der Waals surface area contributed by atoms with Crippen molar-refractivity contribution in [3.8, 4) is 22.5 Å². The van der Waals surface area contributed by atoms with Crippen molar-refractivity contribution in [2.75, 3.05) is 0 Å². The number of aromatic amines is 1. The Kier molecular flexibility index (Phi) is 4.33. The highest BCUT2D eigenvalue weighted by Crippen LogP contribution is 2.69. The zero-order valence-electron chi connectivity index (χ0n) is 18.6. The third kappa shape index (κ3) is 2.68. The molecule has 0 unspecified atom stereocenters. The van der Waals surface area contributed by atoms with Crippen LogP contribution < -0.4 is 5.56 Å². The van der Waals surface area contributed by atoms with Gasteiger partial charge in [0.25, 0.3) is 0 Å². The molecule has 1 saturated carbocycles. The number of fused-ring (bicyclic) bond motifs is 5. The van der Waals surface area contributed by atoms with Crippen LogP contribution in [0.4, 0.5) is 8.78 Å². The Bertz CT molecular complexity index is 1470. The maximum Gasteiger partial charge on any atom is 0.247 e. The van der Waals surface area contributed by atoms with Crippen LogP contribution in [0.1, 0.15) is 49.6 Å². The van der Waals surface area contributed by atoms with Crippen LogP contribution in [0.3, 0.4) is 0 Å². The normalized spacial score (nSPS) is 22.1. The van der Waals surface area contributed by atoms with Crippen LogP contribution in [0, 0.1) is 17.0 Å². The first-order valence-corrected chi connectivity index (χ1v) is 11.2. The predicted octanol–water partition coefficient (Wildman–Crippen LogP) is 4.77. The van der Waals surface area contributed by atoms with Crippen LogP contribution in [0.15, 0.2) is 59.8 Å². The second-order valence-electron chi connectivity index (χ2n) is 9.58. The summed E-state index contributed by atoms with van der Waals surface area (Å²) in [6.45, 7) is 4.37. The molecule has 1 aromatic carbocycles. The van der Waals surface area contributed by atoms with Gasteiger partial charge in [-0.3, -0.25) is 9.78 Å². The van der Waals surface area contributed by atoms with E-state index in [4.69, 9.17) is 4.98 Å². The molecule has 2 aliphatic carbocycles. The molecule has 2 aliphatic rings. The SMILES string of the molecule is CC1(C)[C@H]2CC[C@]1(c1cncc(-c3ccc(=O)[nH]c3)n1)c1nnc(-c3c(F)cccc3F)cc12. The quantitative estimate of drug-likeness (QED) is 0.479. The van der Waals surface area contributed by atoms with Gasteiger partial charge in [-0.1, -0.05) is 19.9 Å². The van der Waals surface area contributed by atoms with Gasteiger partial charge in [-0.25, -0.2) is 13.8 Å². The molecule has 8 heteroatoms. The Morgan fingerprint density at radius 3 is 2.56 bits per heavy atom. The van der Waals surface area contributed by atoms with Crippen molar-refractivity contribution in [1.82, 2.24) is 25.1 Å². The van der Waals surface area contributed by atoms with Crippen molar-refractivity contribution >= 4 is 0 Å². The summed E-state index contributed by atoms with van der Waals surface area (Å²) in [5.41, 5.74) is 3.00. The second kappa shape index (κ2) is 7.09. The molecular weight excluding hydrogens is 436 g/mol. The summed E-state index contributed by atoms with van der Waals surface area (Å²) < 4.78 is 28.9. The molecule has 6 nitrogen and oxygen atoms in total. The first-order chi connectivity index (χ1) is 16.3. The first-order valence-electron chi connectivity index (χ1n) is 11.2. The maximum atomic E-state index is 14.5. The van der Waals surface area contributed by atoms with Crippen molar-refractivity contribution in [3.63, 3.8) is 0 Å². The molecule has 4 aromatic rings. The fourth-order valence-electron chi connectivity index (χ4n) is 6.04. The van der Waals surface area contributed by atoms with Gasteiger partial charge in [-0.2, -0.15) is 5.10 Å². The number of hydrogen-bond acceptors (Lipinski definition) is 5. The number of halogens is 2. The van der Waals surface area contributed by atoms with Crippen LogP contribution in [0.2, 0.25) is 0 Å². The average molecular weight is 457 g/mol. The van der Waals surface area contributed by atoms with E-state index in [2.05, 4.69) is 34.0 Å². The molecule has 2 bridgehead atoms. The lowest BCUT2D eigenvalue weighted by Gasteiger charge is -2.37. The van der Waals surface area contributed by atoms with Crippen LogP contribution >= 0.6 is 0 Å². The summed E-state index contributed by atoms with van der Waals surface area (Å²) in [7, 11) is 0. The number of hydrogen-bond donors (Lipinski definition) is 1. The summed E-state index contributed by atoms with van der Waals surface area (Å²) in [5.74, 6) is -1.18. The molecule has 0 saturated heterocycles. The van der Waals surface area contributed by atoms with E-state index in [0.717, 1.165) is 35.4 Å². The van der Waals surface area contributed by atoms with Crippen LogP contribution in [0.25, 0.3) is 22.5 Å². The zero-order chi connectivity index (χ0) is 23.7. The largest absolute Gasteiger partial charge is 0.328 e. The summed E-state index contributed by atoms with van der Waals surface area (Å²) in [6.07, 6.45) is 6.77. The lowest BCUT2D eigenvalue weighted by molar-refractivity contribution is 0.242. The minimum Gasteiger partial charge on any atom is -0.328 e. The highest BCUT2D eigenvalue weighted by molar-refractivity contribution is 5.64. The summed E-state index contributed by atoms with van der Waals surface area (Å²) in [4.78, 5) is 23.6. The Labute approximate surface area is 194 Å². The van der Waals surface area contributed by atoms with Crippen LogP contribution in [-0.4, -0.2) is 25.1 Å². The van der Waals surface area contributed by atoms with E-state index >= 15 is 0 Å². The van der Waals surface area contributed by atoms with E-state index in [-0.39, 0.29) is 28.1 Å². The lowest BCUT2D eigenvalue weighted by atomic mass is 9.66. The summed E-state index contributed by atoms with van der Waals surface area (Å²) in [6, 6.07) is 8.74. The fourth-order valence-corrected chi connectivity index (χ4v) is 6.04. The maximum absolute atomic E-state index is 14.5. The van der Waals surface area contributed by atoms with Crippen molar-refractivity contribution in [3.05, 3.63) is 93.9 Å². The first kappa shape index (κ1) is 20.8. The second-order valence-corrected chi connectivity index (χ2v) is 9.58. The smallest absolute Gasteiger partial charge is 0.247 e. The minimum atomic E-state index is -0.661. The molecule has 6 rings (SSSR count). The van der Waals surface area contributed by atoms with Gasteiger partial charge in [-0.15, -0.1) is 5.10 Å². The molecule has 3 heterocycles. The van der Waals surface area contributed by atoms with Crippen LogP contribution in [-0.2, 0) is 5.41 Å². The monoisotopic (exact) mass is 457 g/mol. The zero-order valence-corrected chi connectivity index (χ0v) is 18.6. The highest BCUT2D eigenvalue weighted by Gasteiger charge is 2.65. The minimum absolute atomic E-state index is 0.144. The standard InChI is InChI=1S/C26H21F2N5O/c1-25(2)16-8-9-26(25,21-13-29-12-20(31-21)14-6-7-22(34)30-11-14)24-15(16)10-19(32-33-24)23-17(27)4-3-5-18(23)28/h3-7,10-13,16H,8-9H2,1-2H3,(H,30,34)/t16-,26-/m0/s1. The molecule has 0 radical (unpaired) electrons. The predicted molar refractivity (Wildman–Crippen MR) is 122 cm³/mol. The number of pyridine rings is 1. The van der Waals surface area contributed by atoms with Gasteiger partial charge in [0, 0.05) is 24.0 Å². The third-order valence-electron chi connectivity index (χ3n) is 7.75. The fraction of sp³-hybridized carbons (Fsp3) is 0.269. The number of H-pyrrole nitrogens is 1. The number of rotatable bonds is 3. The molecule has 34 heavy (non-hydrogen) atoms. The summed E-state index contributed by atoms with van der Waals surface area (Å²) in [5, 5.41) is 8.83. The molecule has 170 valence electrons. The number of benzene rings is 1. The number of nitrogens with zero attached hydrogens (tertiary/aromatic N) is 4. The van der Waals surface area contributed by atoms with Gasteiger partial charge >= 0.3 is 0 Å². The molecule has 1 N–H and O–H groups in total. The van der Waals surface area contributed by atoms with E-state index in [1.165, 1.54) is 24.3 Å². The average Bonchev–Trinajstić information content (AvgIpc) is 3.21.